The SMILES string of the molecule is COc1ccc(C(N)=O)cc1NC(=O)CC(N)C1CC1. The van der Waals surface area contributed by atoms with Crippen molar-refractivity contribution in [2.45, 2.75) is 25.3 Å². The fourth-order valence-corrected chi connectivity index (χ4v) is 2.07. The normalized spacial score (nSPS) is 15.5. The van der Waals surface area contributed by atoms with Gasteiger partial charge in [-0.15, -0.1) is 0 Å². The number of methoxy groups -OCH3 is 1. The maximum atomic E-state index is 11.9. The largest absolute Gasteiger partial charge is 0.495 e. The Morgan fingerprint density at radius 2 is 2.15 bits per heavy atom. The minimum atomic E-state index is -0.558. The van der Waals surface area contributed by atoms with Crippen LogP contribution in [0.4, 0.5) is 5.69 Å². The van der Waals surface area contributed by atoms with Crippen molar-refractivity contribution in [3.63, 3.8) is 0 Å². The molecule has 1 atom stereocenters. The number of anilines is 1. The van der Waals surface area contributed by atoms with Gasteiger partial charge in [0.05, 0.1) is 12.8 Å². The first-order valence-electron chi connectivity index (χ1n) is 6.54. The molecule has 6 heteroatoms. The summed E-state index contributed by atoms with van der Waals surface area (Å²) < 4.78 is 5.15. The lowest BCUT2D eigenvalue weighted by atomic mass is 10.1. The van der Waals surface area contributed by atoms with Crippen molar-refractivity contribution in [2.75, 3.05) is 12.4 Å². The molecule has 1 unspecified atom stereocenters. The predicted octanol–water partition coefficient (Wildman–Crippen LogP) is 0.860. The predicted molar refractivity (Wildman–Crippen MR) is 75.5 cm³/mol. The zero-order valence-electron chi connectivity index (χ0n) is 11.4. The van der Waals surface area contributed by atoms with Crippen molar-refractivity contribution in [1.29, 1.82) is 0 Å². The minimum Gasteiger partial charge on any atom is -0.495 e. The van der Waals surface area contributed by atoms with Crippen LogP contribution in [0.1, 0.15) is 29.6 Å². The van der Waals surface area contributed by atoms with Gasteiger partial charge >= 0.3 is 0 Å². The standard InChI is InChI=1S/C14H19N3O3/c1-20-12-5-4-9(14(16)19)6-11(12)17-13(18)7-10(15)8-2-3-8/h4-6,8,10H,2-3,7,15H2,1H3,(H2,16,19)(H,17,18). The third-order valence-electron chi connectivity index (χ3n) is 3.41. The van der Waals surface area contributed by atoms with E-state index in [0.717, 1.165) is 12.8 Å². The summed E-state index contributed by atoms with van der Waals surface area (Å²) in [6.45, 7) is 0. The molecule has 2 rings (SSSR count). The first kappa shape index (κ1) is 14.3. The lowest BCUT2D eigenvalue weighted by Gasteiger charge is -2.13. The van der Waals surface area contributed by atoms with Gasteiger partial charge in [-0.25, -0.2) is 0 Å². The van der Waals surface area contributed by atoms with Crippen molar-refractivity contribution in [3.05, 3.63) is 23.8 Å². The number of ether oxygens (including phenoxy) is 1. The van der Waals surface area contributed by atoms with Gasteiger partial charge in [-0.1, -0.05) is 0 Å². The Kier molecular flexibility index (Phi) is 4.24. The van der Waals surface area contributed by atoms with E-state index in [0.29, 0.717) is 22.9 Å². The molecule has 0 bridgehead atoms. The summed E-state index contributed by atoms with van der Waals surface area (Å²) in [6, 6.07) is 4.53. The molecule has 1 aromatic rings. The van der Waals surface area contributed by atoms with Crippen LogP contribution in [0.3, 0.4) is 0 Å². The number of nitrogens with one attached hydrogen (secondary N) is 1. The maximum absolute atomic E-state index is 11.9. The molecule has 2 amide bonds. The molecule has 0 spiro atoms. The Hall–Kier alpha value is -2.08. The van der Waals surface area contributed by atoms with Gasteiger partial charge in [0.25, 0.3) is 0 Å². The highest BCUT2D eigenvalue weighted by molar-refractivity contribution is 5.97. The second-order valence-corrected chi connectivity index (χ2v) is 5.03. The molecule has 1 aromatic carbocycles. The van der Waals surface area contributed by atoms with E-state index in [-0.39, 0.29) is 18.4 Å². The summed E-state index contributed by atoms with van der Waals surface area (Å²) in [5.74, 6) is 0.185. The van der Waals surface area contributed by atoms with Gasteiger partial charge in [0.15, 0.2) is 0 Å². The lowest BCUT2D eigenvalue weighted by Crippen LogP contribution is -2.29. The van der Waals surface area contributed by atoms with E-state index >= 15 is 0 Å². The highest BCUT2D eigenvalue weighted by Crippen LogP contribution is 2.33. The van der Waals surface area contributed by atoms with Gasteiger partial charge in [0, 0.05) is 18.0 Å². The Morgan fingerprint density at radius 3 is 2.70 bits per heavy atom. The van der Waals surface area contributed by atoms with Crippen LogP contribution in [0.5, 0.6) is 5.75 Å². The van der Waals surface area contributed by atoms with Crippen LogP contribution in [0.2, 0.25) is 0 Å². The second-order valence-electron chi connectivity index (χ2n) is 5.03. The van der Waals surface area contributed by atoms with Crippen LogP contribution in [0.25, 0.3) is 0 Å². The highest BCUT2D eigenvalue weighted by Gasteiger charge is 2.29. The maximum Gasteiger partial charge on any atom is 0.248 e. The molecule has 0 heterocycles. The zero-order valence-corrected chi connectivity index (χ0v) is 11.4. The molecular weight excluding hydrogens is 258 g/mol. The number of hydrogen-bond acceptors (Lipinski definition) is 4. The molecule has 1 saturated carbocycles. The van der Waals surface area contributed by atoms with Crippen LogP contribution < -0.4 is 21.5 Å². The first-order valence-corrected chi connectivity index (χ1v) is 6.54. The van der Waals surface area contributed by atoms with Crippen molar-refractivity contribution in [1.82, 2.24) is 0 Å². The molecule has 108 valence electrons. The van der Waals surface area contributed by atoms with E-state index in [9.17, 15) is 9.59 Å². The molecule has 0 radical (unpaired) electrons. The monoisotopic (exact) mass is 277 g/mol. The Balaban J connectivity index is 2.07. The molecule has 20 heavy (non-hydrogen) atoms. The number of carbonyl (C=O) groups excluding carboxylic acids is 2. The quantitative estimate of drug-likeness (QED) is 0.716. The summed E-state index contributed by atoms with van der Waals surface area (Å²) in [5.41, 5.74) is 11.9. The van der Waals surface area contributed by atoms with Crippen LogP contribution in [0.15, 0.2) is 18.2 Å². The summed E-state index contributed by atoms with van der Waals surface area (Å²) in [5, 5.41) is 2.72. The Labute approximate surface area is 117 Å². The van der Waals surface area contributed by atoms with Crippen LogP contribution >= 0.6 is 0 Å². The van der Waals surface area contributed by atoms with Crippen molar-refractivity contribution < 1.29 is 14.3 Å². The third kappa shape index (κ3) is 3.48. The summed E-state index contributed by atoms with van der Waals surface area (Å²) in [7, 11) is 1.49. The number of benzene rings is 1. The van der Waals surface area contributed by atoms with E-state index < -0.39 is 5.91 Å². The lowest BCUT2D eigenvalue weighted by molar-refractivity contribution is -0.116. The van der Waals surface area contributed by atoms with Gasteiger partial charge in [-0.05, 0) is 37.0 Å². The Morgan fingerprint density at radius 1 is 1.45 bits per heavy atom. The van der Waals surface area contributed by atoms with Crippen molar-refractivity contribution in [3.8, 4) is 5.75 Å². The number of amides is 2. The molecule has 1 aliphatic carbocycles. The minimum absolute atomic E-state index is 0.111. The smallest absolute Gasteiger partial charge is 0.248 e. The fourth-order valence-electron chi connectivity index (χ4n) is 2.07. The highest BCUT2D eigenvalue weighted by atomic mass is 16.5. The molecule has 1 aliphatic rings. The molecular formula is C14H19N3O3. The van der Waals surface area contributed by atoms with Gasteiger partial charge < -0.3 is 21.5 Å². The number of rotatable bonds is 6. The number of carbonyl (C=O) groups is 2. The van der Waals surface area contributed by atoms with E-state index in [2.05, 4.69) is 5.32 Å². The van der Waals surface area contributed by atoms with Crippen molar-refractivity contribution in [2.24, 2.45) is 17.4 Å². The molecule has 0 aliphatic heterocycles. The molecule has 0 aromatic heterocycles. The number of primary amides is 1. The summed E-state index contributed by atoms with van der Waals surface area (Å²) in [6.07, 6.45) is 2.44. The third-order valence-corrected chi connectivity index (χ3v) is 3.41. The Bertz CT molecular complexity index is 526. The summed E-state index contributed by atoms with van der Waals surface area (Å²) in [4.78, 5) is 23.1. The van der Waals surface area contributed by atoms with Gasteiger partial charge in [-0.3, -0.25) is 9.59 Å². The van der Waals surface area contributed by atoms with Gasteiger partial charge in [0.1, 0.15) is 5.75 Å². The van der Waals surface area contributed by atoms with Gasteiger partial charge in [0.2, 0.25) is 11.8 Å². The molecule has 1 fully saturated rings. The van der Waals surface area contributed by atoms with E-state index in [1.54, 1.807) is 12.1 Å². The summed E-state index contributed by atoms with van der Waals surface area (Å²) >= 11 is 0. The second kappa shape index (κ2) is 5.92. The van der Waals surface area contributed by atoms with E-state index in [4.69, 9.17) is 16.2 Å². The molecule has 0 saturated heterocycles. The number of nitrogens with two attached hydrogens (primary N) is 2. The average molecular weight is 277 g/mol. The van der Waals surface area contributed by atoms with E-state index in [1.165, 1.54) is 13.2 Å². The van der Waals surface area contributed by atoms with E-state index in [1.807, 2.05) is 0 Å². The fraction of sp³-hybridized carbons (Fsp3) is 0.429. The molecule has 5 N–H and O–H groups in total. The van der Waals surface area contributed by atoms with Crippen molar-refractivity contribution >= 4 is 17.5 Å². The first-order chi connectivity index (χ1) is 9.51. The number of hydrogen-bond donors (Lipinski definition) is 3. The van der Waals surface area contributed by atoms with Crippen LogP contribution in [0, 0.1) is 5.92 Å². The molecule has 6 nitrogen and oxygen atoms in total. The van der Waals surface area contributed by atoms with Crippen LogP contribution in [-0.2, 0) is 4.79 Å². The zero-order chi connectivity index (χ0) is 14.7. The van der Waals surface area contributed by atoms with Crippen LogP contribution in [-0.4, -0.2) is 25.0 Å². The topological polar surface area (TPSA) is 107 Å². The van der Waals surface area contributed by atoms with Gasteiger partial charge in [-0.2, -0.15) is 0 Å². The average Bonchev–Trinajstić information content (AvgIpc) is 3.22.